The van der Waals surface area contributed by atoms with E-state index in [1.165, 1.54) is 6.92 Å². The molecule has 1 aromatic rings. The summed E-state index contributed by atoms with van der Waals surface area (Å²) in [5, 5.41) is 0. The Bertz CT molecular complexity index is 606. The van der Waals surface area contributed by atoms with Crippen LogP contribution < -0.4 is 4.90 Å². The second kappa shape index (κ2) is 6.45. The SMILES string of the molecule is Cc1nc(N2CCN(C(=O)OC(C)(C)C)CC2)cc(C(F)(F)F)n1. The molecule has 0 aromatic carbocycles. The van der Waals surface area contributed by atoms with Gasteiger partial charge in [0.2, 0.25) is 0 Å². The summed E-state index contributed by atoms with van der Waals surface area (Å²) in [6, 6.07) is 0.941. The molecule has 0 spiro atoms. The molecule has 0 bridgehead atoms. The molecule has 0 saturated carbocycles. The topological polar surface area (TPSA) is 58.6 Å². The Balaban J connectivity index is 2.05. The number of amides is 1. The van der Waals surface area contributed by atoms with Gasteiger partial charge in [-0.1, -0.05) is 0 Å². The van der Waals surface area contributed by atoms with Crippen LogP contribution in [0.25, 0.3) is 0 Å². The number of carbonyl (C=O) groups excluding carboxylic acids is 1. The number of rotatable bonds is 1. The smallest absolute Gasteiger partial charge is 0.433 e. The van der Waals surface area contributed by atoms with Gasteiger partial charge in [-0.3, -0.25) is 0 Å². The Hall–Kier alpha value is -2.06. The van der Waals surface area contributed by atoms with Crippen molar-refractivity contribution in [2.24, 2.45) is 0 Å². The number of anilines is 1. The third-order valence-electron chi connectivity index (χ3n) is 3.37. The third-order valence-corrected chi connectivity index (χ3v) is 3.37. The first-order valence-electron chi connectivity index (χ1n) is 7.61. The maximum atomic E-state index is 12.9. The summed E-state index contributed by atoms with van der Waals surface area (Å²) in [6.45, 7) is 8.25. The molecule has 0 unspecified atom stereocenters. The third kappa shape index (κ3) is 4.72. The van der Waals surface area contributed by atoms with E-state index in [1.54, 1.807) is 30.6 Å². The van der Waals surface area contributed by atoms with E-state index >= 15 is 0 Å². The van der Waals surface area contributed by atoms with Gasteiger partial charge in [0.1, 0.15) is 22.9 Å². The molecule has 6 nitrogen and oxygen atoms in total. The van der Waals surface area contributed by atoms with Crippen LogP contribution in [0.4, 0.5) is 23.8 Å². The molecular weight excluding hydrogens is 325 g/mol. The lowest BCUT2D eigenvalue weighted by molar-refractivity contribution is -0.141. The van der Waals surface area contributed by atoms with E-state index in [9.17, 15) is 18.0 Å². The molecule has 2 heterocycles. The fraction of sp³-hybridized carbons (Fsp3) is 0.667. The van der Waals surface area contributed by atoms with Gasteiger partial charge in [-0.2, -0.15) is 13.2 Å². The number of ether oxygens (including phenoxy) is 1. The van der Waals surface area contributed by atoms with Crippen LogP contribution >= 0.6 is 0 Å². The molecule has 2 rings (SSSR count). The summed E-state index contributed by atoms with van der Waals surface area (Å²) in [7, 11) is 0. The largest absolute Gasteiger partial charge is 0.444 e. The Morgan fingerprint density at radius 1 is 1.12 bits per heavy atom. The summed E-state index contributed by atoms with van der Waals surface area (Å²) < 4.78 is 43.9. The van der Waals surface area contributed by atoms with Gasteiger partial charge in [-0.15, -0.1) is 0 Å². The highest BCUT2D eigenvalue weighted by Crippen LogP contribution is 2.30. The lowest BCUT2D eigenvalue weighted by atomic mass is 10.2. The van der Waals surface area contributed by atoms with Gasteiger partial charge >= 0.3 is 12.3 Å². The molecule has 1 saturated heterocycles. The van der Waals surface area contributed by atoms with E-state index in [0.29, 0.717) is 26.2 Å². The first-order chi connectivity index (χ1) is 11.0. The number of aromatic nitrogens is 2. The number of hydrogen-bond donors (Lipinski definition) is 0. The Labute approximate surface area is 138 Å². The minimum absolute atomic E-state index is 0.0643. The van der Waals surface area contributed by atoms with E-state index in [2.05, 4.69) is 9.97 Å². The molecule has 1 aromatic heterocycles. The fourth-order valence-corrected chi connectivity index (χ4v) is 2.30. The highest BCUT2D eigenvalue weighted by atomic mass is 19.4. The van der Waals surface area contributed by atoms with E-state index < -0.39 is 23.6 Å². The van der Waals surface area contributed by atoms with Crippen LogP contribution in [0, 0.1) is 6.92 Å². The zero-order valence-electron chi connectivity index (χ0n) is 14.1. The number of piperazine rings is 1. The molecule has 134 valence electrons. The highest BCUT2D eigenvalue weighted by molar-refractivity contribution is 5.68. The molecule has 0 aliphatic carbocycles. The van der Waals surface area contributed by atoms with Crippen molar-refractivity contribution in [1.82, 2.24) is 14.9 Å². The monoisotopic (exact) mass is 346 g/mol. The molecule has 24 heavy (non-hydrogen) atoms. The van der Waals surface area contributed by atoms with Crippen molar-refractivity contribution in [1.29, 1.82) is 0 Å². The van der Waals surface area contributed by atoms with Crippen molar-refractivity contribution >= 4 is 11.9 Å². The van der Waals surface area contributed by atoms with Crippen LogP contribution in [0.1, 0.15) is 32.3 Å². The second-order valence-corrected chi connectivity index (χ2v) is 6.61. The fourth-order valence-electron chi connectivity index (χ4n) is 2.30. The standard InChI is InChI=1S/C15H21F3N4O2/c1-10-19-11(15(16,17)18)9-12(20-10)21-5-7-22(8-6-21)13(23)24-14(2,3)4/h9H,5-8H2,1-4H3. The average molecular weight is 346 g/mol. The van der Waals surface area contributed by atoms with Crippen LogP contribution in [0.15, 0.2) is 6.07 Å². The minimum atomic E-state index is -4.51. The van der Waals surface area contributed by atoms with Crippen molar-refractivity contribution in [2.75, 3.05) is 31.1 Å². The van der Waals surface area contributed by atoms with Gasteiger partial charge in [0.25, 0.3) is 0 Å². The predicted octanol–water partition coefficient (Wildman–Crippen LogP) is 2.86. The van der Waals surface area contributed by atoms with Crippen molar-refractivity contribution in [3.63, 3.8) is 0 Å². The van der Waals surface area contributed by atoms with E-state index in [-0.39, 0.29) is 11.6 Å². The molecule has 0 N–H and O–H groups in total. The summed E-state index contributed by atoms with van der Waals surface area (Å²) in [6.07, 6.45) is -4.93. The number of halogens is 3. The number of hydrogen-bond acceptors (Lipinski definition) is 5. The van der Waals surface area contributed by atoms with Crippen molar-refractivity contribution in [2.45, 2.75) is 39.5 Å². The molecule has 1 fully saturated rings. The normalized spacial score (nSPS) is 16.3. The Kier molecular flexibility index (Phi) is 4.91. The molecule has 1 aliphatic rings. The van der Waals surface area contributed by atoms with E-state index in [1.807, 2.05) is 0 Å². The zero-order valence-corrected chi connectivity index (χ0v) is 14.1. The van der Waals surface area contributed by atoms with Gasteiger partial charge in [0.15, 0.2) is 0 Å². The summed E-state index contributed by atoms with van der Waals surface area (Å²) >= 11 is 0. The van der Waals surface area contributed by atoms with Gasteiger partial charge in [-0.05, 0) is 27.7 Å². The number of alkyl halides is 3. The van der Waals surface area contributed by atoms with E-state index in [4.69, 9.17) is 4.74 Å². The number of nitrogens with zero attached hydrogens (tertiary/aromatic N) is 4. The predicted molar refractivity (Wildman–Crippen MR) is 81.8 cm³/mol. The van der Waals surface area contributed by atoms with Crippen molar-refractivity contribution in [3.8, 4) is 0 Å². The van der Waals surface area contributed by atoms with Gasteiger partial charge < -0.3 is 14.5 Å². The van der Waals surface area contributed by atoms with Gasteiger partial charge in [-0.25, -0.2) is 14.8 Å². The van der Waals surface area contributed by atoms with Crippen molar-refractivity contribution < 1.29 is 22.7 Å². The van der Waals surface area contributed by atoms with Crippen LogP contribution in [0.3, 0.4) is 0 Å². The second-order valence-electron chi connectivity index (χ2n) is 6.61. The highest BCUT2D eigenvalue weighted by Gasteiger charge is 2.34. The zero-order chi connectivity index (χ0) is 18.1. The first kappa shape index (κ1) is 18.3. The molecule has 0 radical (unpaired) electrons. The summed E-state index contributed by atoms with van der Waals surface area (Å²) in [5.41, 5.74) is -1.54. The van der Waals surface area contributed by atoms with Gasteiger partial charge in [0, 0.05) is 32.2 Å². The van der Waals surface area contributed by atoms with Crippen LogP contribution in [-0.2, 0) is 10.9 Å². The van der Waals surface area contributed by atoms with Crippen LogP contribution in [0.5, 0.6) is 0 Å². The lowest BCUT2D eigenvalue weighted by Gasteiger charge is -2.36. The first-order valence-corrected chi connectivity index (χ1v) is 7.61. The Morgan fingerprint density at radius 2 is 1.71 bits per heavy atom. The minimum Gasteiger partial charge on any atom is -0.444 e. The molecule has 1 aliphatic heterocycles. The maximum absolute atomic E-state index is 12.9. The number of aryl methyl sites for hydroxylation is 1. The average Bonchev–Trinajstić information content (AvgIpc) is 2.44. The summed E-state index contributed by atoms with van der Waals surface area (Å²) in [5.74, 6) is 0.285. The van der Waals surface area contributed by atoms with Gasteiger partial charge in [0.05, 0.1) is 0 Å². The molecule has 0 atom stereocenters. The van der Waals surface area contributed by atoms with Crippen LogP contribution in [0.2, 0.25) is 0 Å². The van der Waals surface area contributed by atoms with E-state index in [0.717, 1.165) is 6.07 Å². The Morgan fingerprint density at radius 3 is 2.21 bits per heavy atom. The number of carbonyl (C=O) groups is 1. The quantitative estimate of drug-likeness (QED) is 0.783. The summed E-state index contributed by atoms with van der Waals surface area (Å²) in [4.78, 5) is 22.8. The van der Waals surface area contributed by atoms with Crippen molar-refractivity contribution in [3.05, 3.63) is 17.6 Å². The molecule has 1 amide bonds. The maximum Gasteiger partial charge on any atom is 0.433 e. The molecule has 9 heteroatoms. The molecular formula is C15H21F3N4O2. The van der Waals surface area contributed by atoms with Crippen LogP contribution in [-0.4, -0.2) is 52.7 Å². The lowest BCUT2D eigenvalue weighted by Crippen LogP contribution is -2.50.